The number of nitrogens with one attached hydrogen (secondary N) is 1. The fraction of sp³-hybridized carbons (Fsp3) is 0.444. The first-order valence-electron chi connectivity index (χ1n) is 8.61. The third kappa shape index (κ3) is 4.11. The summed E-state index contributed by atoms with van der Waals surface area (Å²) in [5.41, 5.74) is 6.13. The largest absolute Gasteiger partial charge is 0.383 e. The third-order valence-electron chi connectivity index (χ3n) is 4.26. The smallest absolute Gasteiger partial charge is 0.234 e. The Morgan fingerprint density at radius 2 is 2.24 bits per heavy atom. The first-order valence-corrected chi connectivity index (χ1v) is 8.61. The molecule has 0 spiro atoms. The first kappa shape index (κ1) is 17.3. The number of nitrogens with zero attached hydrogens (tertiary/aromatic N) is 4. The van der Waals surface area contributed by atoms with Crippen molar-refractivity contribution in [1.29, 1.82) is 0 Å². The molecule has 0 aromatic carbocycles. The van der Waals surface area contributed by atoms with Crippen LogP contribution in [0.3, 0.4) is 0 Å². The molecule has 25 heavy (non-hydrogen) atoms. The Morgan fingerprint density at radius 1 is 1.40 bits per heavy atom. The molecule has 134 valence electrons. The van der Waals surface area contributed by atoms with Crippen LogP contribution in [0, 0.1) is 5.92 Å². The molecule has 7 heteroatoms. The Balaban J connectivity index is 0.00000243. The molecule has 0 amide bonds. The van der Waals surface area contributed by atoms with Crippen LogP contribution < -0.4 is 16.0 Å². The van der Waals surface area contributed by atoms with Crippen molar-refractivity contribution in [1.82, 2.24) is 20.3 Å². The molecular weight excluding hydrogens is 316 g/mol. The molecular formula is C18H26N6O. The number of nitrogens with two attached hydrogens (primary N) is 1. The summed E-state index contributed by atoms with van der Waals surface area (Å²) in [5, 5.41) is 3.54. The predicted octanol–water partition coefficient (Wildman–Crippen LogP) is 1.76. The molecule has 1 fully saturated rings. The Morgan fingerprint density at radius 3 is 3.00 bits per heavy atom. The number of piperazine rings is 1. The van der Waals surface area contributed by atoms with Gasteiger partial charge in [-0.3, -0.25) is 4.79 Å². The lowest BCUT2D eigenvalue weighted by Crippen LogP contribution is -2.51. The molecule has 2 aromatic rings. The van der Waals surface area contributed by atoms with Crippen molar-refractivity contribution < 1.29 is 6.22 Å². The number of hydrogen-bond acceptors (Lipinski definition) is 7. The number of rotatable bonds is 5. The van der Waals surface area contributed by atoms with Gasteiger partial charge in [0.25, 0.3) is 0 Å². The summed E-state index contributed by atoms with van der Waals surface area (Å²) in [6.45, 7) is 7.08. The number of carbonyl (C=O) groups excluding carboxylic acids is 1. The van der Waals surface area contributed by atoms with Crippen LogP contribution >= 0.6 is 0 Å². The standard InChI is InChI=1S/C18H24N6O.H2/c1-12(2)10-13-11-24(9-8-20-13)15-5-7-22-18(23-15)16(25)14-4-3-6-21-17(14)19;/h3-7,12-13,20H,8-11H2,1-2H3,(H2,19,21);1H/t13-;/m0./s1. The zero-order chi connectivity index (χ0) is 17.8. The van der Waals surface area contributed by atoms with Gasteiger partial charge < -0.3 is 16.0 Å². The fourth-order valence-electron chi connectivity index (χ4n) is 3.13. The van der Waals surface area contributed by atoms with Crippen molar-refractivity contribution in [2.75, 3.05) is 30.3 Å². The van der Waals surface area contributed by atoms with Crippen molar-refractivity contribution in [3.05, 3.63) is 42.0 Å². The normalized spacial score (nSPS) is 17.7. The van der Waals surface area contributed by atoms with Gasteiger partial charge >= 0.3 is 0 Å². The average Bonchev–Trinajstić information content (AvgIpc) is 2.61. The van der Waals surface area contributed by atoms with Crippen LogP contribution in [0.1, 0.15) is 37.9 Å². The summed E-state index contributed by atoms with van der Waals surface area (Å²) in [7, 11) is 0. The Bertz CT molecular complexity index is 754. The van der Waals surface area contributed by atoms with E-state index in [9.17, 15) is 4.79 Å². The Labute approximate surface area is 149 Å². The lowest BCUT2D eigenvalue weighted by molar-refractivity contribution is 0.103. The highest BCUT2D eigenvalue weighted by molar-refractivity contribution is 6.09. The molecule has 1 aliphatic heterocycles. The van der Waals surface area contributed by atoms with Gasteiger partial charge in [0.05, 0.1) is 5.56 Å². The summed E-state index contributed by atoms with van der Waals surface area (Å²) in [5.74, 6) is 1.45. The highest BCUT2D eigenvalue weighted by atomic mass is 16.1. The molecule has 2 aromatic heterocycles. The van der Waals surface area contributed by atoms with Gasteiger partial charge in [0, 0.05) is 39.5 Å². The van der Waals surface area contributed by atoms with Gasteiger partial charge in [-0.25, -0.2) is 15.0 Å². The van der Waals surface area contributed by atoms with Gasteiger partial charge in [0.1, 0.15) is 11.6 Å². The van der Waals surface area contributed by atoms with Crippen molar-refractivity contribution in [3.8, 4) is 0 Å². The summed E-state index contributed by atoms with van der Waals surface area (Å²) in [6, 6.07) is 5.60. The minimum Gasteiger partial charge on any atom is -0.383 e. The average molecular weight is 342 g/mol. The minimum absolute atomic E-state index is 0. The van der Waals surface area contributed by atoms with Gasteiger partial charge in [-0.1, -0.05) is 13.8 Å². The van der Waals surface area contributed by atoms with Crippen LogP contribution in [0.25, 0.3) is 0 Å². The second-order valence-corrected chi connectivity index (χ2v) is 6.73. The molecule has 3 N–H and O–H groups in total. The van der Waals surface area contributed by atoms with E-state index < -0.39 is 0 Å². The summed E-state index contributed by atoms with van der Waals surface area (Å²) >= 11 is 0. The molecule has 1 aliphatic rings. The molecule has 0 aliphatic carbocycles. The number of carbonyl (C=O) groups is 1. The van der Waals surface area contributed by atoms with E-state index >= 15 is 0 Å². The first-order chi connectivity index (χ1) is 12.0. The van der Waals surface area contributed by atoms with E-state index in [2.05, 4.69) is 39.0 Å². The van der Waals surface area contributed by atoms with Crippen molar-refractivity contribution in [2.24, 2.45) is 5.92 Å². The van der Waals surface area contributed by atoms with Crippen LogP contribution in [0.4, 0.5) is 11.6 Å². The van der Waals surface area contributed by atoms with Gasteiger partial charge in [0.2, 0.25) is 11.6 Å². The van der Waals surface area contributed by atoms with Crippen molar-refractivity contribution in [3.63, 3.8) is 0 Å². The predicted molar refractivity (Wildman–Crippen MR) is 99.7 cm³/mol. The second kappa shape index (κ2) is 7.57. The second-order valence-electron chi connectivity index (χ2n) is 6.73. The molecule has 3 heterocycles. The summed E-state index contributed by atoms with van der Waals surface area (Å²) < 4.78 is 0. The van der Waals surface area contributed by atoms with Gasteiger partial charge in [-0.05, 0) is 30.5 Å². The lowest BCUT2D eigenvalue weighted by Gasteiger charge is -2.35. The third-order valence-corrected chi connectivity index (χ3v) is 4.26. The molecule has 0 radical (unpaired) electrons. The SMILES string of the molecule is CC(C)C[C@H]1CN(c2ccnc(C(=O)c3cccnc3N)n2)CCN1.[HH]. The number of aromatic nitrogens is 3. The van der Waals surface area contributed by atoms with Crippen molar-refractivity contribution in [2.45, 2.75) is 26.3 Å². The monoisotopic (exact) mass is 342 g/mol. The fourth-order valence-corrected chi connectivity index (χ4v) is 3.13. The van der Waals surface area contributed by atoms with Crippen LogP contribution in [0.2, 0.25) is 0 Å². The minimum atomic E-state index is -0.304. The molecule has 1 saturated heterocycles. The lowest BCUT2D eigenvalue weighted by atomic mass is 10.0. The van der Waals surface area contributed by atoms with Crippen LogP contribution in [-0.2, 0) is 0 Å². The highest BCUT2D eigenvalue weighted by Crippen LogP contribution is 2.18. The van der Waals surface area contributed by atoms with E-state index in [1.807, 2.05) is 6.07 Å². The maximum Gasteiger partial charge on any atom is 0.234 e. The van der Waals surface area contributed by atoms with E-state index in [1.165, 1.54) is 0 Å². The summed E-state index contributed by atoms with van der Waals surface area (Å²) in [6.07, 6.45) is 4.29. The van der Waals surface area contributed by atoms with Crippen LogP contribution in [0.5, 0.6) is 0 Å². The molecule has 0 bridgehead atoms. The molecule has 0 saturated carbocycles. The molecule has 0 unspecified atom stereocenters. The number of ketones is 1. The van der Waals surface area contributed by atoms with Gasteiger partial charge in [-0.15, -0.1) is 0 Å². The number of anilines is 2. The zero-order valence-corrected chi connectivity index (χ0v) is 14.6. The zero-order valence-electron chi connectivity index (χ0n) is 14.6. The molecule has 3 rings (SSSR count). The molecule has 1 atom stereocenters. The Hall–Kier alpha value is -2.54. The van der Waals surface area contributed by atoms with Crippen molar-refractivity contribution >= 4 is 17.4 Å². The highest BCUT2D eigenvalue weighted by Gasteiger charge is 2.23. The van der Waals surface area contributed by atoms with Crippen LogP contribution in [0.15, 0.2) is 30.6 Å². The quantitative estimate of drug-likeness (QED) is 0.799. The van der Waals surface area contributed by atoms with E-state index in [-0.39, 0.29) is 18.9 Å². The topological polar surface area (TPSA) is 97.0 Å². The summed E-state index contributed by atoms with van der Waals surface area (Å²) in [4.78, 5) is 27.4. The number of pyridine rings is 1. The van der Waals surface area contributed by atoms with E-state index in [0.717, 1.165) is 31.9 Å². The van der Waals surface area contributed by atoms with E-state index in [0.29, 0.717) is 17.5 Å². The van der Waals surface area contributed by atoms with Crippen LogP contribution in [-0.4, -0.2) is 46.4 Å². The molecule has 7 nitrogen and oxygen atoms in total. The van der Waals surface area contributed by atoms with E-state index in [4.69, 9.17) is 5.73 Å². The van der Waals surface area contributed by atoms with Gasteiger partial charge in [0.15, 0.2) is 0 Å². The maximum atomic E-state index is 12.6. The maximum absolute atomic E-state index is 12.6. The number of nitrogen functional groups attached to an aromatic ring is 1. The Kier molecular flexibility index (Phi) is 5.23. The number of hydrogen-bond donors (Lipinski definition) is 2. The van der Waals surface area contributed by atoms with Gasteiger partial charge in [-0.2, -0.15) is 0 Å². The van der Waals surface area contributed by atoms with E-state index in [1.54, 1.807) is 24.5 Å².